The third kappa shape index (κ3) is 13.7. The largest absolute Gasteiger partial charge is 0.507 e. The van der Waals surface area contributed by atoms with Crippen molar-refractivity contribution in [2.45, 2.75) is 83.3 Å². The highest BCUT2D eigenvalue weighted by molar-refractivity contribution is 8.01. The van der Waals surface area contributed by atoms with E-state index in [9.17, 15) is 19.5 Å². The molecule has 0 saturated heterocycles. The van der Waals surface area contributed by atoms with Crippen LogP contribution in [-0.4, -0.2) is 45.2 Å². The fraction of sp³-hybridized carbons (Fsp3) is 0.469. The highest BCUT2D eigenvalue weighted by Crippen LogP contribution is 2.35. The molecule has 3 N–H and O–H groups in total. The van der Waals surface area contributed by atoms with Crippen LogP contribution in [-0.2, 0) is 9.53 Å². The van der Waals surface area contributed by atoms with Crippen LogP contribution in [0.25, 0.3) is 0 Å². The fourth-order valence-corrected chi connectivity index (χ4v) is 5.23. The molecule has 0 aliphatic heterocycles. The topological polar surface area (TPSA) is 113 Å². The Hall–Kier alpha value is -3.26. The predicted molar refractivity (Wildman–Crippen MR) is 165 cm³/mol. The minimum atomic E-state index is -1.31. The lowest BCUT2D eigenvalue weighted by molar-refractivity contribution is -0.121. The summed E-state index contributed by atoms with van der Waals surface area (Å²) in [6.07, 6.45) is 23.7. The molecule has 0 radical (unpaired) electrons. The fourth-order valence-electron chi connectivity index (χ4n) is 3.91. The lowest BCUT2D eigenvalue weighted by Gasteiger charge is -2.29. The van der Waals surface area contributed by atoms with Gasteiger partial charge in [-0.3, -0.25) is 10.1 Å². The van der Waals surface area contributed by atoms with Gasteiger partial charge >= 0.3 is 12.1 Å². The number of anilines is 1. The van der Waals surface area contributed by atoms with E-state index in [0.29, 0.717) is 12.8 Å². The number of carbonyl (C=O) groups excluding carboxylic acids is 2. The van der Waals surface area contributed by atoms with E-state index in [1.54, 1.807) is 11.8 Å². The van der Waals surface area contributed by atoms with Gasteiger partial charge in [0, 0.05) is 12.1 Å². The van der Waals surface area contributed by atoms with Gasteiger partial charge < -0.3 is 14.9 Å². The number of thioether (sulfide) groups is 1. The summed E-state index contributed by atoms with van der Waals surface area (Å²) in [6.45, 7) is 6.28. The molecule has 0 bridgehead atoms. The molecule has 1 rings (SSSR count). The molecule has 0 saturated carbocycles. The first-order valence-electron chi connectivity index (χ1n) is 14.1. The summed E-state index contributed by atoms with van der Waals surface area (Å²) in [5, 5.41) is 21.1. The minimum Gasteiger partial charge on any atom is -0.507 e. The van der Waals surface area contributed by atoms with Crippen LogP contribution in [0.4, 0.5) is 10.5 Å². The molecule has 1 amide bonds. The zero-order valence-electron chi connectivity index (χ0n) is 24.1. The summed E-state index contributed by atoms with van der Waals surface area (Å²) in [5.74, 6) is -0.663. The summed E-state index contributed by atoms with van der Waals surface area (Å²) in [7, 11) is 0. The molecule has 0 fully saturated rings. The molecule has 7 nitrogen and oxygen atoms in total. The average molecular weight is 572 g/mol. The van der Waals surface area contributed by atoms with E-state index >= 15 is 0 Å². The van der Waals surface area contributed by atoms with E-state index in [0.717, 1.165) is 56.8 Å². The average Bonchev–Trinajstić information content (AvgIpc) is 2.94. The number of benzene rings is 1. The van der Waals surface area contributed by atoms with Crippen molar-refractivity contribution in [3.8, 4) is 5.75 Å². The number of carbonyl (C=O) groups is 3. The van der Waals surface area contributed by atoms with Gasteiger partial charge in [0.2, 0.25) is 0 Å². The van der Waals surface area contributed by atoms with Gasteiger partial charge in [-0.2, -0.15) is 0 Å². The third-order valence-electron chi connectivity index (χ3n) is 6.29. The first-order valence-corrected chi connectivity index (χ1v) is 15.1. The third-order valence-corrected chi connectivity index (χ3v) is 8.08. The Morgan fingerprint density at radius 3 is 2.10 bits per heavy atom. The van der Waals surface area contributed by atoms with Crippen molar-refractivity contribution in [1.29, 1.82) is 0 Å². The monoisotopic (exact) mass is 571 g/mol. The van der Waals surface area contributed by atoms with Gasteiger partial charge in [-0.05, 0) is 75.3 Å². The quantitative estimate of drug-likeness (QED) is 0.0817. The maximum absolute atomic E-state index is 13.1. The van der Waals surface area contributed by atoms with Crippen LogP contribution < -0.4 is 5.32 Å². The van der Waals surface area contributed by atoms with Gasteiger partial charge in [0.15, 0.2) is 0 Å². The summed E-state index contributed by atoms with van der Waals surface area (Å²) >= 11 is 1.71. The maximum Gasteiger partial charge on any atom is 0.411 e. The summed E-state index contributed by atoms with van der Waals surface area (Å²) < 4.78 is 4.72. The number of aromatic carboxylic acids is 1. The van der Waals surface area contributed by atoms with Crippen LogP contribution in [0.3, 0.4) is 0 Å². The van der Waals surface area contributed by atoms with E-state index in [4.69, 9.17) is 9.84 Å². The highest BCUT2D eigenvalue weighted by Gasteiger charge is 2.34. The van der Waals surface area contributed by atoms with E-state index in [1.165, 1.54) is 12.1 Å². The SMILES string of the molecule is CC/C=C\C/C=C\C/C=C\C/C=C\CCSC(CC)(CC)C(=O)CCCOC(=O)Nc1ccc(O)c(C(=O)O)c1. The molecule has 0 unspecified atom stereocenters. The van der Waals surface area contributed by atoms with Crippen molar-refractivity contribution in [3.05, 3.63) is 72.4 Å². The number of hydrogen-bond donors (Lipinski definition) is 3. The number of ketones is 1. The van der Waals surface area contributed by atoms with Gasteiger partial charge in [-0.15, -0.1) is 11.8 Å². The molecule has 0 aliphatic carbocycles. The van der Waals surface area contributed by atoms with Gasteiger partial charge in [0.25, 0.3) is 0 Å². The molecule has 40 heavy (non-hydrogen) atoms. The van der Waals surface area contributed by atoms with Gasteiger partial charge in [-0.1, -0.05) is 69.4 Å². The number of nitrogens with one attached hydrogen (secondary N) is 1. The van der Waals surface area contributed by atoms with Crippen molar-refractivity contribution in [3.63, 3.8) is 0 Å². The summed E-state index contributed by atoms with van der Waals surface area (Å²) in [6, 6.07) is 3.71. The minimum absolute atomic E-state index is 0.0670. The lowest BCUT2D eigenvalue weighted by atomic mass is 9.94. The number of Topliss-reactive ketones (excluding diaryl/α,β-unsaturated/α-hetero) is 1. The van der Waals surface area contributed by atoms with Gasteiger partial charge in [0.05, 0.1) is 11.4 Å². The van der Waals surface area contributed by atoms with Crippen molar-refractivity contribution in [2.75, 3.05) is 17.7 Å². The Morgan fingerprint density at radius 1 is 0.925 bits per heavy atom. The van der Waals surface area contributed by atoms with Crippen LogP contribution in [0.5, 0.6) is 5.75 Å². The second-order valence-corrected chi connectivity index (χ2v) is 10.6. The predicted octanol–water partition coefficient (Wildman–Crippen LogP) is 8.48. The number of hydrogen-bond acceptors (Lipinski definition) is 6. The van der Waals surface area contributed by atoms with Crippen LogP contribution in [0.1, 0.15) is 88.9 Å². The Morgan fingerprint density at radius 2 is 1.52 bits per heavy atom. The number of rotatable bonds is 20. The van der Waals surface area contributed by atoms with Gasteiger partial charge in [-0.25, -0.2) is 9.59 Å². The van der Waals surface area contributed by atoms with E-state index in [2.05, 4.69) is 60.8 Å². The van der Waals surface area contributed by atoms with Crippen molar-refractivity contribution >= 4 is 35.3 Å². The number of ether oxygens (including phenoxy) is 1. The van der Waals surface area contributed by atoms with E-state index in [-0.39, 0.29) is 23.6 Å². The van der Waals surface area contributed by atoms with Crippen molar-refractivity contribution in [1.82, 2.24) is 0 Å². The second kappa shape index (κ2) is 20.6. The van der Waals surface area contributed by atoms with Crippen LogP contribution >= 0.6 is 11.8 Å². The van der Waals surface area contributed by atoms with Crippen molar-refractivity contribution in [2.24, 2.45) is 0 Å². The molecular formula is C32H45NO6S. The molecule has 1 aromatic rings. The number of phenols is 1. The summed E-state index contributed by atoms with van der Waals surface area (Å²) in [5.41, 5.74) is -0.129. The van der Waals surface area contributed by atoms with Gasteiger partial charge in [0.1, 0.15) is 17.1 Å². The first-order chi connectivity index (χ1) is 19.3. The molecule has 0 aliphatic rings. The number of aromatic hydroxyl groups is 1. The number of carboxylic acids is 1. The molecule has 0 aromatic heterocycles. The molecule has 220 valence electrons. The Bertz CT molecular complexity index is 1040. The molecule has 0 atom stereocenters. The Kier molecular flexibility index (Phi) is 17.9. The highest BCUT2D eigenvalue weighted by atomic mass is 32.2. The first kappa shape index (κ1) is 34.8. The Balaban J connectivity index is 2.35. The molecular weight excluding hydrogens is 526 g/mol. The van der Waals surface area contributed by atoms with Crippen molar-refractivity contribution < 1.29 is 29.3 Å². The maximum atomic E-state index is 13.1. The molecule has 8 heteroatoms. The zero-order valence-corrected chi connectivity index (χ0v) is 24.9. The normalized spacial score (nSPS) is 12.2. The second-order valence-electron chi connectivity index (χ2n) is 9.16. The van der Waals surface area contributed by atoms with E-state index in [1.807, 2.05) is 13.8 Å². The smallest absolute Gasteiger partial charge is 0.411 e. The zero-order chi connectivity index (χ0) is 29.6. The van der Waals surface area contributed by atoms with Crippen LogP contribution in [0.15, 0.2) is 66.8 Å². The summed E-state index contributed by atoms with van der Waals surface area (Å²) in [4.78, 5) is 36.2. The Labute approximate surface area is 243 Å². The molecule has 0 spiro atoms. The lowest BCUT2D eigenvalue weighted by Crippen LogP contribution is -2.34. The van der Waals surface area contributed by atoms with Crippen LogP contribution in [0, 0.1) is 0 Å². The number of allylic oxidation sites excluding steroid dienone is 8. The van der Waals surface area contributed by atoms with Crippen LogP contribution in [0.2, 0.25) is 0 Å². The molecule has 0 heterocycles. The standard InChI is InChI=1S/C32H45NO6S/c1-4-7-8-9-10-11-12-13-14-15-16-17-18-24-40-32(5-2,6-3)29(35)20-19-23-39-31(38)33-26-21-22-28(34)27(25-26)30(36)37/h7-8,10-11,13-14,16-17,21-22,25,34H,4-6,9,12,15,18-20,23-24H2,1-3H3,(H,33,38)(H,36,37)/b8-7-,11-10-,14-13-,17-16-. The number of amides is 1. The van der Waals surface area contributed by atoms with E-state index < -0.39 is 22.6 Å². The molecule has 1 aromatic carbocycles. The number of carboxylic acid groups (broad SMARTS) is 1.